The molecule has 2 aromatic rings. The Hall–Kier alpha value is -1.48. The zero-order valence-electron chi connectivity index (χ0n) is 24.8. The summed E-state index contributed by atoms with van der Waals surface area (Å²) >= 11 is 0.204. The van der Waals surface area contributed by atoms with Crippen molar-refractivity contribution in [3.05, 3.63) is 52.1 Å². The van der Waals surface area contributed by atoms with Crippen molar-refractivity contribution >= 4 is 19.4 Å². The monoisotopic (exact) mass is 584 g/mol. The Labute approximate surface area is 236 Å². The van der Waals surface area contributed by atoms with E-state index in [1.54, 1.807) is 5.56 Å². The minimum absolute atomic E-state index is 0.0381. The molecular weight excluding hydrogens is 535 g/mol. The average Bonchev–Trinajstić information content (AvgIpc) is 3.15. The molecule has 4 heteroatoms. The van der Waals surface area contributed by atoms with Gasteiger partial charge in [-0.25, -0.2) is 0 Å². The van der Waals surface area contributed by atoms with Gasteiger partial charge in [-0.2, -0.15) is 0 Å². The quantitative estimate of drug-likeness (QED) is 0.392. The number of methoxy groups -OCH3 is 1. The molecular formula is C34H48O3Se. The van der Waals surface area contributed by atoms with Crippen LogP contribution in [0.1, 0.15) is 114 Å². The van der Waals surface area contributed by atoms with Crippen molar-refractivity contribution in [2.75, 3.05) is 7.11 Å². The first-order chi connectivity index (χ1) is 17.7. The number of hydrogen-bond donors (Lipinski definition) is 2. The van der Waals surface area contributed by atoms with E-state index in [2.05, 4.69) is 60.6 Å². The molecule has 0 aliphatic heterocycles. The standard InChI is InChI=1S/C34H48O3Se/c1-32(2,3)27-17-22(35)18-28(33(4,5)6)31(27)38-19-21-15-25-20(16-29(21)37-8)9-10-24-23(25)13-14-34(7)26(24)11-12-30(34)36/h15-18,23-24,26,30,35-36H,9-14,19H2,1-8H3/t23-,24+,26-,30+,34-/m0/s1. The van der Waals surface area contributed by atoms with E-state index in [4.69, 9.17) is 4.74 Å². The van der Waals surface area contributed by atoms with E-state index in [0.29, 0.717) is 23.5 Å². The van der Waals surface area contributed by atoms with Crippen LogP contribution in [0.4, 0.5) is 0 Å². The Morgan fingerprint density at radius 2 is 1.61 bits per heavy atom. The van der Waals surface area contributed by atoms with Gasteiger partial charge in [0, 0.05) is 0 Å². The average molecular weight is 584 g/mol. The fraction of sp³-hybridized carbons (Fsp3) is 0.647. The van der Waals surface area contributed by atoms with Gasteiger partial charge in [0.25, 0.3) is 0 Å². The van der Waals surface area contributed by atoms with Gasteiger partial charge in [-0.05, 0) is 0 Å². The number of aryl methyl sites for hydroxylation is 1. The fourth-order valence-electron chi connectivity index (χ4n) is 7.95. The van der Waals surface area contributed by atoms with E-state index >= 15 is 0 Å². The Kier molecular flexibility index (Phi) is 7.28. The number of aromatic hydroxyl groups is 1. The van der Waals surface area contributed by atoms with Crippen LogP contribution in [-0.4, -0.2) is 38.4 Å². The van der Waals surface area contributed by atoms with Crippen molar-refractivity contribution < 1.29 is 14.9 Å². The summed E-state index contributed by atoms with van der Waals surface area (Å²) in [6.45, 7) is 15.9. The number of rotatable bonds is 4. The van der Waals surface area contributed by atoms with Crippen molar-refractivity contribution in [2.45, 2.75) is 115 Å². The van der Waals surface area contributed by atoms with Gasteiger partial charge >= 0.3 is 237 Å². The van der Waals surface area contributed by atoms with Crippen molar-refractivity contribution in [3.63, 3.8) is 0 Å². The molecule has 0 saturated heterocycles. The summed E-state index contributed by atoms with van der Waals surface area (Å²) in [4.78, 5) is 0. The molecule has 5 rings (SSSR count). The van der Waals surface area contributed by atoms with Gasteiger partial charge in [-0.3, -0.25) is 0 Å². The third kappa shape index (κ3) is 4.84. The second-order valence-corrected chi connectivity index (χ2v) is 16.6. The number of ether oxygens (including phenoxy) is 1. The molecule has 5 atom stereocenters. The van der Waals surface area contributed by atoms with E-state index < -0.39 is 0 Å². The summed E-state index contributed by atoms with van der Waals surface area (Å²) in [7, 11) is 1.82. The molecule has 2 aromatic carbocycles. The summed E-state index contributed by atoms with van der Waals surface area (Å²) in [6.07, 6.45) is 6.75. The molecule has 3 aliphatic rings. The number of aliphatic hydroxyl groups excluding tert-OH is 1. The van der Waals surface area contributed by atoms with Crippen molar-refractivity contribution in [2.24, 2.45) is 17.3 Å². The first-order valence-electron chi connectivity index (χ1n) is 14.6. The topological polar surface area (TPSA) is 49.7 Å². The van der Waals surface area contributed by atoms with Crippen LogP contribution in [0.15, 0.2) is 24.3 Å². The molecule has 0 unspecified atom stereocenters. The van der Waals surface area contributed by atoms with E-state index in [1.165, 1.54) is 46.0 Å². The van der Waals surface area contributed by atoms with Crippen LogP contribution < -0.4 is 9.20 Å². The van der Waals surface area contributed by atoms with Gasteiger partial charge in [0.2, 0.25) is 0 Å². The molecule has 2 fully saturated rings. The van der Waals surface area contributed by atoms with Crippen LogP contribution in [0.3, 0.4) is 0 Å². The third-order valence-electron chi connectivity index (χ3n) is 10.1. The molecule has 0 aromatic heterocycles. The Balaban J connectivity index is 1.50. The molecule has 0 spiro atoms. The molecule has 0 radical (unpaired) electrons. The number of fused-ring (bicyclic) bond motifs is 5. The SMILES string of the molecule is COc1cc2c(cc1C[Se]c1c(C(C)(C)C)cc(O)cc1C(C)(C)C)[C@H]1CC[C@]3(C)[C@H](O)CC[C@H]3[C@@H]1CC2. The Morgan fingerprint density at radius 1 is 0.947 bits per heavy atom. The fourth-order valence-corrected chi connectivity index (χ4v) is 11.2. The number of benzene rings is 2. The predicted octanol–water partition coefficient (Wildman–Crippen LogP) is 6.74. The minimum atomic E-state index is -0.122. The van der Waals surface area contributed by atoms with Crippen LogP contribution in [0.25, 0.3) is 0 Å². The van der Waals surface area contributed by atoms with E-state index in [-0.39, 0.29) is 37.3 Å². The summed E-state index contributed by atoms with van der Waals surface area (Å²) in [5.41, 5.74) is 6.96. The second-order valence-electron chi connectivity index (χ2n) is 14.6. The van der Waals surface area contributed by atoms with Crippen LogP contribution >= 0.6 is 0 Å². The van der Waals surface area contributed by atoms with Gasteiger partial charge in [-0.1, -0.05) is 0 Å². The molecule has 0 bridgehead atoms. The van der Waals surface area contributed by atoms with Gasteiger partial charge in [0.15, 0.2) is 0 Å². The first-order valence-corrected chi connectivity index (χ1v) is 16.7. The van der Waals surface area contributed by atoms with Crippen molar-refractivity contribution in [1.29, 1.82) is 0 Å². The molecule has 2 saturated carbocycles. The van der Waals surface area contributed by atoms with Crippen LogP contribution in [0, 0.1) is 17.3 Å². The molecule has 0 amide bonds. The molecule has 3 nitrogen and oxygen atoms in total. The van der Waals surface area contributed by atoms with E-state index in [0.717, 1.165) is 30.3 Å². The summed E-state index contributed by atoms with van der Waals surface area (Å²) in [5.74, 6) is 3.37. The number of phenols is 1. The Bertz CT molecular complexity index is 1170. The third-order valence-corrected chi connectivity index (χ3v) is 12.6. The predicted molar refractivity (Wildman–Crippen MR) is 158 cm³/mol. The van der Waals surface area contributed by atoms with Gasteiger partial charge in [0.05, 0.1) is 0 Å². The zero-order chi connectivity index (χ0) is 27.6. The van der Waals surface area contributed by atoms with Gasteiger partial charge < -0.3 is 0 Å². The number of hydrogen-bond acceptors (Lipinski definition) is 3. The van der Waals surface area contributed by atoms with Crippen LogP contribution in [0.5, 0.6) is 11.5 Å². The van der Waals surface area contributed by atoms with Gasteiger partial charge in [-0.15, -0.1) is 0 Å². The number of phenolic OH excluding ortho intramolecular Hbond substituents is 1. The molecule has 3 aliphatic carbocycles. The second kappa shape index (κ2) is 9.86. The first kappa shape index (κ1) is 28.1. The number of aliphatic hydroxyl groups is 1. The van der Waals surface area contributed by atoms with Crippen LogP contribution in [-0.2, 0) is 22.6 Å². The maximum absolute atomic E-state index is 10.8. The van der Waals surface area contributed by atoms with Gasteiger partial charge in [0.1, 0.15) is 0 Å². The van der Waals surface area contributed by atoms with Crippen molar-refractivity contribution in [1.82, 2.24) is 0 Å². The molecule has 2 N–H and O–H groups in total. The molecule has 38 heavy (non-hydrogen) atoms. The maximum atomic E-state index is 10.8. The molecule has 208 valence electrons. The van der Waals surface area contributed by atoms with Crippen molar-refractivity contribution in [3.8, 4) is 11.5 Å². The summed E-state index contributed by atoms with van der Waals surface area (Å²) < 4.78 is 7.42. The zero-order valence-corrected chi connectivity index (χ0v) is 26.5. The summed E-state index contributed by atoms with van der Waals surface area (Å²) in [5, 5.41) is 22.4. The molecule has 0 heterocycles. The summed E-state index contributed by atoms with van der Waals surface area (Å²) in [6, 6.07) is 8.85. The van der Waals surface area contributed by atoms with E-state index in [1.807, 2.05) is 19.2 Å². The Morgan fingerprint density at radius 3 is 2.21 bits per heavy atom. The normalized spacial score (nSPS) is 29.0. The van der Waals surface area contributed by atoms with E-state index in [9.17, 15) is 10.2 Å². The van der Waals surface area contributed by atoms with Crippen LogP contribution in [0.2, 0.25) is 0 Å².